The highest BCUT2D eigenvalue weighted by Crippen LogP contribution is 2.28. The van der Waals surface area contributed by atoms with Crippen LogP contribution in [0.2, 0.25) is 5.02 Å². The Bertz CT molecular complexity index is 726. The lowest BCUT2D eigenvalue weighted by atomic mass is 10.0. The number of rotatable bonds is 2. The number of hydrogen-bond donors (Lipinski definition) is 0. The zero-order valence-electron chi connectivity index (χ0n) is 12.9. The van der Waals surface area contributed by atoms with E-state index >= 15 is 0 Å². The van der Waals surface area contributed by atoms with Crippen molar-refractivity contribution in [3.63, 3.8) is 0 Å². The summed E-state index contributed by atoms with van der Waals surface area (Å²) in [5.74, 6) is 1.41. The second kappa shape index (κ2) is 5.72. The van der Waals surface area contributed by atoms with E-state index in [1.165, 1.54) is 0 Å². The number of carbonyl (C=O) groups excluding carboxylic acids is 1. The minimum atomic E-state index is 0.0380. The number of likely N-dealkylation sites (tertiary alicyclic amines) is 1. The van der Waals surface area contributed by atoms with E-state index in [0.29, 0.717) is 35.4 Å². The number of amides is 1. The van der Waals surface area contributed by atoms with Crippen LogP contribution in [0, 0.1) is 20.8 Å². The number of benzene rings is 1. The van der Waals surface area contributed by atoms with Gasteiger partial charge in [0.1, 0.15) is 0 Å². The van der Waals surface area contributed by atoms with Crippen molar-refractivity contribution < 1.29 is 9.32 Å². The molecule has 1 aromatic heterocycles. The highest BCUT2D eigenvalue weighted by atomic mass is 35.5. The number of hydrogen-bond acceptors (Lipinski definition) is 4. The number of carbonyl (C=O) groups is 1. The van der Waals surface area contributed by atoms with Crippen LogP contribution in [0.1, 0.15) is 45.5 Å². The van der Waals surface area contributed by atoms with Gasteiger partial charge in [0.05, 0.1) is 5.92 Å². The maximum absolute atomic E-state index is 12.7. The molecule has 3 rings (SSSR count). The van der Waals surface area contributed by atoms with Gasteiger partial charge in [-0.05, 0) is 50.5 Å². The first-order valence-electron chi connectivity index (χ1n) is 7.32. The topological polar surface area (TPSA) is 59.2 Å². The minimum Gasteiger partial charge on any atom is -0.339 e. The van der Waals surface area contributed by atoms with Gasteiger partial charge in [0.2, 0.25) is 5.89 Å². The van der Waals surface area contributed by atoms with Crippen molar-refractivity contribution in [2.75, 3.05) is 13.1 Å². The Kier molecular flexibility index (Phi) is 3.91. The Morgan fingerprint density at radius 3 is 2.77 bits per heavy atom. The van der Waals surface area contributed by atoms with Crippen LogP contribution in [0.15, 0.2) is 16.7 Å². The summed E-state index contributed by atoms with van der Waals surface area (Å²) >= 11 is 6.10. The summed E-state index contributed by atoms with van der Waals surface area (Å²) < 4.78 is 5.22. The second-order valence-corrected chi connectivity index (χ2v) is 6.24. The Morgan fingerprint density at radius 2 is 2.09 bits per heavy atom. The fourth-order valence-corrected chi connectivity index (χ4v) is 3.03. The lowest BCUT2D eigenvalue weighted by molar-refractivity contribution is 0.0789. The van der Waals surface area contributed by atoms with E-state index in [4.69, 9.17) is 16.1 Å². The van der Waals surface area contributed by atoms with Crippen molar-refractivity contribution in [3.05, 3.63) is 45.6 Å². The lowest BCUT2D eigenvalue weighted by Crippen LogP contribution is -2.29. The summed E-state index contributed by atoms with van der Waals surface area (Å²) in [7, 11) is 0. The molecule has 1 fully saturated rings. The monoisotopic (exact) mass is 319 g/mol. The molecule has 22 heavy (non-hydrogen) atoms. The first-order valence-corrected chi connectivity index (χ1v) is 7.69. The molecule has 1 atom stereocenters. The average Bonchev–Trinajstić information content (AvgIpc) is 3.10. The minimum absolute atomic E-state index is 0.0380. The van der Waals surface area contributed by atoms with E-state index in [1.54, 1.807) is 6.92 Å². The molecule has 0 saturated carbocycles. The Hall–Kier alpha value is -1.88. The molecule has 0 radical (unpaired) electrons. The second-order valence-electron chi connectivity index (χ2n) is 5.83. The van der Waals surface area contributed by atoms with Crippen molar-refractivity contribution in [2.24, 2.45) is 0 Å². The molecule has 116 valence electrons. The zero-order valence-corrected chi connectivity index (χ0v) is 13.6. The molecule has 1 aliphatic heterocycles. The molecule has 2 aromatic rings. The normalized spacial score (nSPS) is 18.0. The summed E-state index contributed by atoms with van der Waals surface area (Å²) in [5.41, 5.74) is 2.53. The molecule has 2 heterocycles. The van der Waals surface area contributed by atoms with Crippen molar-refractivity contribution >= 4 is 17.5 Å². The molecule has 0 bridgehead atoms. The van der Waals surface area contributed by atoms with Gasteiger partial charge in [-0.25, -0.2) is 0 Å². The third kappa shape index (κ3) is 2.73. The van der Waals surface area contributed by atoms with Crippen molar-refractivity contribution in [1.82, 2.24) is 15.0 Å². The van der Waals surface area contributed by atoms with Gasteiger partial charge in [0, 0.05) is 23.7 Å². The van der Waals surface area contributed by atoms with E-state index in [-0.39, 0.29) is 11.8 Å². The Labute approximate surface area is 134 Å². The summed E-state index contributed by atoms with van der Waals surface area (Å²) in [5, 5.41) is 4.51. The third-order valence-electron chi connectivity index (χ3n) is 4.10. The predicted molar refractivity (Wildman–Crippen MR) is 83.2 cm³/mol. The summed E-state index contributed by atoms with van der Waals surface area (Å²) in [4.78, 5) is 18.8. The molecule has 0 unspecified atom stereocenters. The van der Waals surface area contributed by atoms with E-state index in [1.807, 2.05) is 30.9 Å². The van der Waals surface area contributed by atoms with Crippen LogP contribution in [0.25, 0.3) is 0 Å². The van der Waals surface area contributed by atoms with Crippen LogP contribution in [-0.4, -0.2) is 34.0 Å². The van der Waals surface area contributed by atoms with Gasteiger partial charge in [0.25, 0.3) is 5.91 Å². The summed E-state index contributed by atoms with van der Waals surface area (Å²) in [6.45, 7) is 6.93. The molecular weight excluding hydrogens is 302 g/mol. The maximum Gasteiger partial charge on any atom is 0.254 e. The van der Waals surface area contributed by atoms with Gasteiger partial charge in [-0.1, -0.05) is 16.8 Å². The van der Waals surface area contributed by atoms with Crippen LogP contribution in [0.4, 0.5) is 0 Å². The number of nitrogens with zero attached hydrogens (tertiary/aromatic N) is 3. The van der Waals surface area contributed by atoms with Gasteiger partial charge in [-0.15, -0.1) is 0 Å². The van der Waals surface area contributed by atoms with Crippen molar-refractivity contribution in [3.8, 4) is 0 Å². The van der Waals surface area contributed by atoms with Gasteiger partial charge in [-0.3, -0.25) is 4.79 Å². The third-order valence-corrected chi connectivity index (χ3v) is 4.51. The number of halogens is 1. The molecule has 1 aliphatic rings. The maximum atomic E-state index is 12.7. The van der Waals surface area contributed by atoms with Gasteiger partial charge < -0.3 is 9.42 Å². The Morgan fingerprint density at radius 1 is 1.32 bits per heavy atom. The van der Waals surface area contributed by atoms with Crippen LogP contribution in [0.5, 0.6) is 0 Å². The largest absolute Gasteiger partial charge is 0.339 e. The van der Waals surface area contributed by atoms with Crippen LogP contribution in [0.3, 0.4) is 0 Å². The van der Waals surface area contributed by atoms with Gasteiger partial charge in [0.15, 0.2) is 5.82 Å². The molecule has 1 amide bonds. The van der Waals surface area contributed by atoms with Crippen LogP contribution < -0.4 is 0 Å². The summed E-state index contributed by atoms with van der Waals surface area (Å²) in [6, 6.07) is 3.71. The molecular formula is C16H18ClN3O2. The van der Waals surface area contributed by atoms with E-state index in [2.05, 4.69) is 10.1 Å². The molecule has 5 nitrogen and oxygen atoms in total. The highest BCUT2D eigenvalue weighted by molar-refractivity contribution is 6.31. The predicted octanol–water partition coefficient (Wildman–Crippen LogP) is 3.28. The fraction of sp³-hybridized carbons (Fsp3) is 0.438. The smallest absolute Gasteiger partial charge is 0.254 e. The average molecular weight is 320 g/mol. The number of aryl methyl sites for hydroxylation is 3. The van der Waals surface area contributed by atoms with Gasteiger partial charge >= 0.3 is 0 Å². The van der Waals surface area contributed by atoms with E-state index < -0.39 is 0 Å². The van der Waals surface area contributed by atoms with Gasteiger partial charge in [-0.2, -0.15) is 4.98 Å². The fourth-order valence-electron chi connectivity index (χ4n) is 2.81. The van der Waals surface area contributed by atoms with Crippen molar-refractivity contribution in [1.29, 1.82) is 0 Å². The highest BCUT2D eigenvalue weighted by Gasteiger charge is 2.31. The van der Waals surface area contributed by atoms with Crippen LogP contribution >= 0.6 is 11.6 Å². The molecule has 1 saturated heterocycles. The standard InChI is InChI=1S/C16H18ClN3O2/c1-9-7-14(17)10(2)6-13(9)16(21)20-5-4-12(8-20)15-18-11(3)19-22-15/h6-7,12H,4-5,8H2,1-3H3/t12-/m1/s1. The number of aromatic nitrogens is 2. The molecule has 6 heteroatoms. The van der Waals surface area contributed by atoms with E-state index in [9.17, 15) is 4.79 Å². The first kappa shape index (κ1) is 15.0. The van der Waals surface area contributed by atoms with Crippen molar-refractivity contribution in [2.45, 2.75) is 33.1 Å². The van der Waals surface area contributed by atoms with E-state index in [0.717, 1.165) is 17.5 Å². The molecule has 1 aromatic carbocycles. The summed E-state index contributed by atoms with van der Waals surface area (Å²) in [6.07, 6.45) is 0.846. The molecule has 0 spiro atoms. The van der Waals surface area contributed by atoms with Crippen LogP contribution in [-0.2, 0) is 0 Å². The molecule has 0 aliphatic carbocycles. The lowest BCUT2D eigenvalue weighted by Gasteiger charge is -2.18. The quantitative estimate of drug-likeness (QED) is 0.852. The zero-order chi connectivity index (χ0) is 15.9. The Balaban J connectivity index is 1.78. The SMILES string of the molecule is Cc1noc([C@@H]2CCN(C(=O)c3cc(C)c(Cl)cc3C)C2)n1. The first-order chi connectivity index (χ1) is 10.5. The molecule has 0 N–H and O–H groups in total.